The summed E-state index contributed by atoms with van der Waals surface area (Å²) in [7, 11) is 0. The summed E-state index contributed by atoms with van der Waals surface area (Å²) < 4.78 is 6.50. The number of amides is 1. The summed E-state index contributed by atoms with van der Waals surface area (Å²) in [4.78, 5) is 14.4. The summed E-state index contributed by atoms with van der Waals surface area (Å²) in [5.41, 5.74) is 1.37. The second-order valence-electron chi connectivity index (χ2n) is 4.80. The van der Waals surface area contributed by atoms with E-state index in [1.165, 1.54) is 0 Å². The van der Waals surface area contributed by atoms with Crippen LogP contribution in [-0.2, 0) is 0 Å². The van der Waals surface area contributed by atoms with Crippen LogP contribution in [0.2, 0.25) is 0 Å². The van der Waals surface area contributed by atoms with E-state index in [1.807, 2.05) is 43.3 Å². The van der Waals surface area contributed by atoms with Gasteiger partial charge in [0.25, 0.3) is 5.91 Å². The maximum atomic E-state index is 12.8. The highest BCUT2D eigenvalue weighted by Gasteiger charge is 2.17. The molecular weight excluding hydrogens is 403 g/mol. The van der Waals surface area contributed by atoms with E-state index < -0.39 is 0 Å². The number of carbonyl (C=O) groups is 1. The SMILES string of the molecule is CCOc1ccc(N(CCC#N)C(=O)c2ccc(I)cc2)cc1. The van der Waals surface area contributed by atoms with Crippen LogP contribution in [0.1, 0.15) is 23.7 Å². The molecule has 0 fully saturated rings. The Morgan fingerprint density at radius 1 is 1.17 bits per heavy atom. The first-order valence-electron chi connectivity index (χ1n) is 7.33. The first-order chi connectivity index (χ1) is 11.2. The van der Waals surface area contributed by atoms with Crippen molar-refractivity contribution in [2.75, 3.05) is 18.1 Å². The van der Waals surface area contributed by atoms with Gasteiger partial charge in [0, 0.05) is 21.4 Å². The minimum atomic E-state index is -0.110. The number of benzene rings is 2. The van der Waals surface area contributed by atoms with Gasteiger partial charge >= 0.3 is 0 Å². The summed E-state index contributed by atoms with van der Waals surface area (Å²) in [5.74, 6) is 0.652. The van der Waals surface area contributed by atoms with Gasteiger partial charge in [-0.1, -0.05) is 0 Å². The fourth-order valence-electron chi connectivity index (χ4n) is 2.15. The Labute approximate surface area is 149 Å². The van der Waals surface area contributed by atoms with Gasteiger partial charge in [0.15, 0.2) is 0 Å². The molecule has 2 aromatic carbocycles. The van der Waals surface area contributed by atoms with Crippen molar-refractivity contribution in [1.82, 2.24) is 0 Å². The molecule has 0 aliphatic heterocycles. The number of anilines is 1. The van der Waals surface area contributed by atoms with E-state index in [9.17, 15) is 4.79 Å². The molecule has 0 atom stereocenters. The topological polar surface area (TPSA) is 53.3 Å². The van der Waals surface area contributed by atoms with Gasteiger partial charge in [0.1, 0.15) is 5.75 Å². The molecule has 23 heavy (non-hydrogen) atoms. The van der Waals surface area contributed by atoms with E-state index >= 15 is 0 Å². The molecule has 0 saturated carbocycles. The summed E-state index contributed by atoms with van der Waals surface area (Å²) in [6.45, 7) is 2.88. The van der Waals surface area contributed by atoms with Crippen molar-refractivity contribution in [3.63, 3.8) is 0 Å². The summed E-state index contributed by atoms with van der Waals surface area (Å²) in [6.07, 6.45) is 0.281. The highest BCUT2D eigenvalue weighted by molar-refractivity contribution is 14.1. The van der Waals surface area contributed by atoms with Crippen LogP contribution in [0.5, 0.6) is 5.75 Å². The van der Waals surface area contributed by atoms with E-state index in [2.05, 4.69) is 28.7 Å². The van der Waals surface area contributed by atoms with Crippen LogP contribution < -0.4 is 9.64 Å². The molecule has 0 aliphatic carbocycles. The van der Waals surface area contributed by atoms with Crippen LogP contribution in [0.25, 0.3) is 0 Å². The van der Waals surface area contributed by atoms with Gasteiger partial charge in [-0.05, 0) is 78.0 Å². The molecular formula is C18H17IN2O2. The smallest absolute Gasteiger partial charge is 0.258 e. The van der Waals surface area contributed by atoms with Crippen molar-refractivity contribution in [2.24, 2.45) is 0 Å². The van der Waals surface area contributed by atoms with Gasteiger partial charge in [-0.2, -0.15) is 5.26 Å². The lowest BCUT2D eigenvalue weighted by Gasteiger charge is -2.22. The first kappa shape index (κ1) is 17.3. The van der Waals surface area contributed by atoms with Gasteiger partial charge < -0.3 is 9.64 Å². The zero-order chi connectivity index (χ0) is 16.7. The van der Waals surface area contributed by atoms with Gasteiger partial charge in [-0.25, -0.2) is 0 Å². The Morgan fingerprint density at radius 2 is 1.83 bits per heavy atom. The Bertz CT molecular complexity index is 690. The standard InChI is InChI=1S/C18H17IN2O2/c1-2-23-17-10-8-16(9-11-17)21(13-3-12-20)18(22)14-4-6-15(19)7-5-14/h4-11H,2-3,13H2,1H3. The maximum Gasteiger partial charge on any atom is 0.258 e. The fraction of sp³-hybridized carbons (Fsp3) is 0.222. The van der Waals surface area contributed by atoms with E-state index in [1.54, 1.807) is 17.0 Å². The highest BCUT2D eigenvalue weighted by atomic mass is 127. The van der Waals surface area contributed by atoms with Gasteiger partial charge in [0.2, 0.25) is 0 Å². The molecule has 2 aromatic rings. The lowest BCUT2D eigenvalue weighted by molar-refractivity contribution is 0.0987. The average molecular weight is 420 g/mol. The van der Waals surface area contributed by atoms with Gasteiger partial charge in [-0.3, -0.25) is 4.79 Å². The van der Waals surface area contributed by atoms with Crippen LogP contribution in [0.3, 0.4) is 0 Å². The number of halogens is 1. The number of carbonyl (C=O) groups excluding carboxylic acids is 1. The number of ether oxygens (including phenoxy) is 1. The molecule has 0 unspecified atom stereocenters. The zero-order valence-electron chi connectivity index (χ0n) is 12.8. The number of nitriles is 1. The van der Waals surface area contributed by atoms with E-state index in [0.717, 1.165) is 15.0 Å². The lowest BCUT2D eigenvalue weighted by atomic mass is 10.1. The Kier molecular flexibility index (Phi) is 6.41. The predicted octanol–water partition coefficient (Wildman–Crippen LogP) is 4.25. The molecule has 5 heteroatoms. The molecule has 0 N–H and O–H groups in total. The molecule has 1 amide bonds. The number of nitrogens with zero attached hydrogens (tertiary/aromatic N) is 2. The van der Waals surface area contributed by atoms with Crippen molar-refractivity contribution < 1.29 is 9.53 Å². The normalized spacial score (nSPS) is 9.96. The van der Waals surface area contributed by atoms with Crippen LogP contribution in [0.15, 0.2) is 48.5 Å². The lowest BCUT2D eigenvalue weighted by Crippen LogP contribution is -2.31. The van der Waals surface area contributed by atoms with Crippen molar-refractivity contribution in [2.45, 2.75) is 13.3 Å². The monoisotopic (exact) mass is 420 g/mol. The highest BCUT2D eigenvalue weighted by Crippen LogP contribution is 2.22. The summed E-state index contributed by atoms with van der Waals surface area (Å²) in [5, 5.41) is 8.86. The van der Waals surface area contributed by atoms with Crippen LogP contribution in [-0.4, -0.2) is 19.1 Å². The molecule has 2 rings (SSSR count). The second kappa shape index (κ2) is 8.53. The minimum absolute atomic E-state index is 0.110. The molecule has 0 radical (unpaired) electrons. The third-order valence-electron chi connectivity index (χ3n) is 3.24. The first-order valence-corrected chi connectivity index (χ1v) is 8.41. The molecule has 0 bridgehead atoms. The summed E-state index contributed by atoms with van der Waals surface area (Å²) >= 11 is 2.20. The molecule has 0 aromatic heterocycles. The molecule has 118 valence electrons. The van der Waals surface area contributed by atoms with Crippen molar-refractivity contribution >= 4 is 34.2 Å². The van der Waals surface area contributed by atoms with Crippen molar-refractivity contribution in [3.8, 4) is 11.8 Å². The number of rotatable bonds is 6. The Balaban J connectivity index is 2.26. The fourth-order valence-corrected chi connectivity index (χ4v) is 2.51. The van der Waals surface area contributed by atoms with Crippen molar-refractivity contribution in [1.29, 1.82) is 5.26 Å². The maximum absolute atomic E-state index is 12.8. The third kappa shape index (κ3) is 4.70. The second-order valence-corrected chi connectivity index (χ2v) is 6.04. The zero-order valence-corrected chi connectivity index (χ0v) is 15.0. The minimum Gasteiger partial charge on any atom is -0.494 e. The Hall–Kier alpha value is -2.07. The van der Waals surface area contributed by atoms with Crippen molar-refractivity contribution in [3.05, 3.63) is 57.7 Å². The van der Waals surface area contributed by atoms with Crippen LogP contribution >= 0.6 is 22.6 Å². The molecule has 0 spiro atoms. The van der Waals surface area contributed by atoms with Crippen LogP contribution in [0, 0.1) is 14.9 Å². The Morgan fingerprint density at radius 3 is 2.39 bits per heavy atom. The third-order valence-corrected chi connectivity index (χ3v) is 3.96. The van der Waals surface area contributed by atoms with Gasteiger partial charge in [0.05, 0.1) is 19.1 Å². The van der Waals surface area contributed by atoms with E-state index in [4.69, 9.17) is 10.00 Å². The average Bonchev–Trinajstić information content (AvgIpc) is 2.57. The summed E-state index contributed by atoms with van der Waals surface area (Å²) in [6, 6.07) is 16.8. The predicted molar refractivity (Wildman–Crippen MR) is 98.7 cm³/mol. The molecule has 0 aliphatic rings. The quantitative estimate of drug-likeness (QED) is 0.657. The molecule has 0 saturated heterocycles. The molecule has 0 heterocycles. The van der Waals surface area contributed by atoms with Gasteiger partial charge in [-0.15, -0.1) is 0 Å². The van der Waals surface area contributed by atoms with E-state index in [-0.39, 0.29) is 12.3 Å². The molecule has 4 nitrogen and oxygen atoms in total. The number of hydrogen-bond acceptors (Lipinski definition) is 3. The van der Waals surface area contributed by atoms with E-state index in [0.29, 0.717) is 18.7 Å². The largest absolute Gasteiger partial charge is 0.494 e. The van der Waals surface area contributed by atoms with Crippen LogP contribution in [0.4, 0.5) is 5.69 Å². The number of hydrogen-bond donors (Lipinski definition) is 0.